The molecule has 45 heavy (non-hydrogen) atoms. The van der Waals surface area contributed by atoms with Gasteiger partial charge in [0.1, 0.15) is 31.2 Å². The van der Waals surface area contributed by atoms with Crippen LogP contribution in [-0.2, 0) is 34.7 Å². The average molecular weight is 674 g/mol. The number of aliphatic hydroxyl groups excluding tert-OH is 1. The van der Waals surface area contributed by atoms with Gasteiger partial charge in [-0.25, -0.2) is 14.8 Å². The predicted octanol–water partition coefficient (Wildman–Crippen LogP) is 0.366. The molecule has 0 aliphatic carbocycles. The largest absolute Gasteiger partial charge is 0.492 e. The van der Waals surface area contributed by atoms with Crippen molar-refractivity contribution >= 4 is 37.8 Å². The molecule has 1 amide bonds. The molecule has 0 bridgehead atoms. The van der Waals surface area contributed by atoms with Gasteiger partial charge in [-0.05, 0) is 44.4 Å². The maximum Gasteiger partial charge on any atom is 0.407 e. The molecule has 246 valence electrons. The molecule has 0 radical (unpaired) electrons. The summed E-state index contributed by atoms with van der Waals surface area (Å²) in [6, 6.07) is 5.14. The molecule has 5 rings (SSSR count). The van der Waals surface area contributed by atoms with E-state index in [0.29, 0.717) is 5.56 Å². The van der Waals surface area contributed by atoms with Gasteiger partial charge in [0.25, 0.3) is 0 Å². The molecule has 0 saturated carbocycles. The molecule has 7 N–H and O–H groups in total. The molecule has 3 aromatic rings. The summed E-state index contributed by atoms with van der Waals surface area (Å²) >= 11 is 0. The summed E-state index contributed by atoms with van der Waals surface area (Å²) in [7, 11) is -9.17. The first-order valence-corrected chi connectivity index (χ1v) is 17.0. The summed E-state index contributed by atoms with van der Waals surface area (Å²) in [6.45, 7) is 2.66. The second kappa shape index (κ2) is 12.6. The van der Waals surface area contributed by atoms with Crippen molar-refractivity contribution in [2.45, 2.75) is 75.4 Å². The van der Waals surface area contributed by atoms with Crippen LogP contribution in [0.1, 0.15) is 38.5 Å². The summed E-state index contributed by atoms with van der Waals surface area (Å²) < 4.78 is 48.3. The number of hydrogen-bond donors (Lipinski definition) is 7. The lowest BCUT2D eigenvalue weighted by Gasteiger charge is -2.27. The molecular weight excluding hydrogens is 640 g/mol. The van der Waals surface area contributed by atoms with Crippen LogP contribution in [0.2, 0.25) is 0 Å². The van der Waals surface area contributed by atoms with Crippen LogP contribution >= 0.6 is 15.2 Å². The van der Waals surface area contributed by atoms with Crippen LogP contribution in [0.25, 0.3) is 11.2 Å². The number of hydrogen-bond acceptors (Lipinski definition) is 12. The minimum atomic E-state index is -4.75. The van der Waals surface area contributed by atoms with Gasteiger partial charge in [0.2, 0.25) is 5.88 Å². The third kappa shape index (κ3) is 7.52. The van der Waals surface area contributed by atoms with E-state index < -0.39 is 69.9 Å². The van der Waals surface area contributed by atoms with Crippen molar-refractivity contribution in [3.63, 3.8) is 0 Å². The number of rotatable bonds is 11. The molecule has 6 atom stereocenters. The van der Waals surface area contributed by atoms with Crippen molar-refractivity contribution in [3.8, 4) is 5.88 Å². The third-order valence-electron chi connectivity index (χ3n) is 7.45. The Kier molecular flexibility index (Phi) is 9.37. The Morgan fingerprint density at radius 3 is 2.42 bits per heavy atom. The Labute approximate surface area is 255 Å². The number of aromatic nitrogens is 4. The van der Waals surface area contributed by atoms with Gasteiger partial charge >= 0.3 is 21.3 Å². The highest BCUT2D eigenvalue weighted by molar-refractivity contribution is 7.60. The lowest BCUT2D eigenvalue weighted by Crippen LogP contribution is -2.39. The van der Waals surface area contributed by atoms with Crippen molar-refractivity contribution in [1.29, 1.82) is 0 Å². The number of imidazole rings is 1. The fraction of sp³-hybridized carbons (Fsp3) is 0.520. The van der Waals surface area contributed by atoms with E-state index in [9.17, 15) is 43.7 Å². The van der Waals surface area contributed by atoms with Crippen molar-refractivity contribution in [2.75, 3.05) is 6.54 Å². The Morgan fingerprint density at radius 1 is 1.07 bits per heavy atom. The number of alkyl carbamates (subject to hydrolysis) is 1. The number of benzene rings is 1. The Morgan fingerprint density at radius 2 is 1.76 bits per heavy atom. The monoisotopic (exact) mass is 673 g/mol. The van der Waals surface area contributed by atoms with E-state index in [0.717, 1.165) is 6.33 Å². The quantitative estimate of drug-likeness (QED) is 0.136. The number of amides is 1. The third-order valence-corrected chi connectivity index (χ3v) is 9.82. The van der Waals surface area contributed by atoms with Crippen molar-refractivity contribution in [1.82, 2.24) is 24.8 Å². The van der Waals surface area contributed by atoms with Crippen molar-refractivity contribution in [2.24, 2.45) is 0 Å². The summed E-state index contributed by atoms with van der Waals surface area (Å²) in [5, 5.41) is 23.3. The highest BCUT2D eigenvalue weighted by Gasteiger charge is 2.58. The van der Waals surface area contributed by atoms with Crippen LogP contribution in [0.15, 0.2) is 36.9 Å². The fourth-order valence-corrected chi connectivity index (χ4v) is 6.62. The standard InChI is InChI=1S/C25H33N5O13P2/c1-25(2)42-19-18(41-23(20(19)43-25)30-12-29-17-21(30)27-11-28-22(17)32)16(31)8-7-15(45(37,38)39)9-26-24(33)40-10-13-3-5-14(6-4-13)44(34,35)36/h3-6,11-12,15-16,18-20,23,31H,7-10H2,1-2H3,(H,26,33)(H,27,28,32)(H2,34,35,36)(H2,37,38,39)/t15?,16?,18-,19-,20-,23-/m1/s1. The van der Waals surface area contributed by atoms with Crippen molar-refractivity contribution < 1.29 is 62.7 Å². The highest BCUT2D eigenvalue weighted by atomic mass is 31.2. The molecule has 2 aliphatic rings. The maximum atomic E-state index is 12.2. The molecular formula is C25H33N5O13P2. The van der Waals surface area contributed by atoms with Gasteiger partial charge in [-0.15, -0.1) is 0 Å². The normalized spacial score (nSPS) is 24.3. The zero-order chi connectivity index (χ0) is 32.7. The summed E-state index contributed by atoms with van der Waals surface area (Å²) in [4.78, 5) is 62.5. The SMILES string of the molecule is CC1(C)O[C@@H]2[C@H](O1)[C@@H](C(O)CCC(CNC(=O)OCc1ccc(P(=O)(O)O)cc1)P(=O)(O)O)O[C@H]2n1cnc2c(O)ncnc21. The number of fused-ring (bicyclic) bond motifs is 2. The topological polar surface area (TPSA) is 265 Å². The number of carbonyl (C=O) groups is 1. The summed E-state index contributed by atoms with van der Waals surface area (Å²) in [5.74, 6) is -1.37. The van der Waals surface area contributed by atoms with Crippen LogP contribution in [0.3, 0.4) is 0 Å². The van der Waals surface area contributed by atoms with Gasteiger partial charge in [0.15, 0.2) is 23.2 Å². The van der Waals surface area contributed by atoms with Gasteiger partial charge in [0.05, 0.1) is 23.4 Å². The molecule has 2 unspecified atom stereocenters. The molecule has 2 fully saturated rings. The lowest BCUT2D eigenvalue weighted by molar-refractivity contribution is -0.207. The smallest absolute Gasteiger partial charge is 0.407 e. The van der Waals surface area contributed by atoms with Crippen LogP contribution in [0.5, 0.6) is 5.88 Å². The van der Waals surface area contributed by atoms with Gasteiger partial charge in [-0.2, -0.15) is 4.98 Å². The van der Waals surface area contributed by atoms with E-state index in [1.807, 2.05) is 0 Å². The van der Waals surface area contributed by atoms with Crippen LogP contribution in [-0.4, -0.2) is 97.8 Å². The highest BCUT2D eigenvalue weighted by Crippen LogP contribution is 2.47. The maximum absolute atomic E-state index is 12.2. The van der Waals surface area contributed by atoms with E-state index in [1.54, 1.807) is 13.8 Å². The molecule has 2 saturated heterocycles. The van der Waals surface area contributed by atoms with Crippen molar-refractivity contribution in [3.05, 3.63) is 42.5 Å². The van der Waals surface area contributed by atoms with Crippen LogP contribution in [0.4, 0.5) is 4.79 Å². The number of nitrogens with one attached hydrogen (secondary N) is 1. The van der Waals surface area contributed by atoms with E-state index >= 15 is 0 Å². The molecule has 2 aliphatic heterocycles. The molecule has 18 nitrogen and oxygen atoms in total. The molecule has 0 spiro atoms. The summed E-state index contributed by atoms with van der Waals surface area (Å²) in [5.41, 5.74) is -0.551. The fourth-order valence-electron chi connectivity index (χ4n) is 5.27. The first kappa shape index (κ1) is 33.3. The van der Waals surface area contributed by atoms with Crippen LogP contribution in [0, 0.1) is 0 Å². The number of aromatic hydroxyl groups is 1. The first-order valence-electron chi connectivity index (χ1n) is 13.7. The van der Waals surface area contributed by atoms with Gasteiger partial charge in [-0.1, -0.05) is 12.1 Å². The minimum absolute atomic E-state index is 0.133. The molecule has 4 heterocycles. The summed E-state index contributed by atoms with van der Waals surface area (Å²) in [6.07, 6.45) is -3.42. The van der Waals surface area contributed by atoms with E-state index in [1.165, 1.54) is 35.2 Å². The first-order chi connectivity index (χ1) is 21.0. The molecule has 1 aromatic carbocycles. The number of ether oxygens (including phenoxy) is 4. The second-order valence-corrected chi connectivity index (χ2v) is 14.6. The number of nitrogens with zero attached hydrogens (tertiary/aromatic N) is 4. The Balaban J connectivity index is 1.20. The van der Waals surface area contributed by atoms with Gasteiger partial charge in [-0.3, -0.25) is 13.7 Å². The number of aliphatic hydroxyl groups is 1. The minimum Gasteiger partial charge on any atom is -0.492 e. The zero-order valence-electron chi connectivity index (χ0n) is 24.0. The Bertz CT molecular complexity index is 1630. The number of carbonyl (C=O) groups excluding carboxylic acids is 1. The molecule has 20 heteroatoms. The van der Waals surface area contributed by atoms with Crippen LogP contribution < -0.4 is 10.6 Å². The van der Waals surface area contributed by atoms with E-state index in [-0.39, 0.29) is 41.8 Å². The Hall–Kier alpha value is -3.02. The van der Waals surface area contributed by atoms with Gasteiger partial charge < -0.3 is 54.1 Å². The van der Waals surface area contributed by atoms with E-state index in [4.69, 9.17) is 18.9 Å². The zero-order valence-corrected chi connectivity index (χ0v) is 25.8. The lowest BCUT2D eigenvalue weighted by atomic mass is 10.0. The average Bonchev–Trinajstić information content (AvgIpc) is 3.62. The molecule has 2 aromatic heterocycles. The van der Waals surface area contributed by atoms with E-state index in [2.05, 4.69) is 20.3 Å². The van der Waals surface area contributed by atoms with Gasteiger partial charge in [0, 0.05) is 6.54 Å². The predicted molar refractivity (Wildman–Crippen MR) is 152 cm³/mol. The second-order valence-electron chi connectivity index (χ2n) is 11.1.